The second-order valence-corrected chi connectivity index (χ2v) is 8.67. The van der Waals surface area contributed by atoms with Gasteiger partial charge in [0.05, 0.1) is 17.5 Å². The topological polar surface area (TPSA) is 75.7 Å². The number of amides is 1. The summed E-state index contributed by atoms with van der Waals surface area (Å²) in [5, 5.41) is 3.00. The van der Waals surface area contributed by atoms with Crippen molar-refractivity contribution < 1.29 is 17.9 Å². The molecule has 29 heavy (non-hydrogen) atoms. The fourth-order valence-electron chi connectivity index (χ4n) is 3.35. The zero-order valence-corrected chi connectivity index (χ0v) is 17.5. The smallest absolute Gasteiger partial charge is 0.244 e. The molecule has 0 saturated heterocycles. The number of benzene rings is 2. The Bertz CT molecular complexity index is 980. The average Bonchev–Trinajstić information content (AvgIpc) is 2.73. The van der Waals surface area contributed by atoms with Crippen molar-refractivity contribution in [1.29, 1.82) is 0 Å². The molecule has 0 spiro atoms. The summed E-state index contributed by atoms with van der Waals surface area (Å²) in [5.41, 5.74) is 1.73. The van der Waals surface area contributed by atoms with E-state index >= 15 is 0 Å². The molecule has 1 atom stereocenters. The molecule has 154 valence electrons. The van der Waals surface area contributed by atoms with Crippen molar-refractivity contribution in [1.82, 2.24) is 9.62 Å². The van der Waals surface area contributed by atoms with E-state index in [1.807, 2.05) is 38.1 Å². The van der Waals surface area contributed by atoms with Gasteiger partial charge in [0.25, 0.3) is 0 Å². The fraction of sp³-hybridized carbons (Fsp3) is 0.318. The Morgan fingerprint density at radius 3 is 2.52 bits per heavy atom. The zero-order chi connectivity index (χ0) is 20.9. The molecule has 0 saturated carbocycles. The summed E-state index contributed by atoms with van der Waals surface area (Å²) in [7, 11) is -3.48. The van der Waals surface area contributed by atoms with Gasteiger partial charge in [-0.3, -0.25) is 4.79 Å². The highest BCUT2D eigenvalue weighted by Crippen LogP contribution is 2.31. The first-order valence-electron chi connectivity index (χ1n) is 9.76. The number of sulfonamides is 1. The molecule has 1 heterocycles. The van der Waals surface area contributed by atoms with E-state index in [1.54, 1.807) is 30.3 Å². The summed E-state index contributed by atoms with van der Waals surface area (Å²) in [6, 6.07) is 14.1. The molecule has 2 aromatic carbocycles. The van der Waals surface area contributed by atoms with Gasteiger partial charge in [-0.05, 0) is 29.8 Å². The summed E-state index contributed by atoms with van der Waals surface area (Å²) in [6.07, 6.45) is 3.86. The van der Waals surface area contributed by atoms with Gasteiger partial charge in [-0.25, -0.2) is 8.42 Å². The molecular weight excluding hydrogens is 388 g/mol. The molecule has 1 amide bonds. The molecule has 1 aliphatic heterocycles. The van der Waals surface area contributed by atoms with Crippen molar-refractivity contribution in [2.75, 3.05) is 19.7 Å². The summed E-state index contributed by atoms with van der Waals surface area (Å²) in [5.74, 6) is 0.601. The Morgan fingerprint density at radius 1 is 1.14 bits per heavy atom. The van der Waals surface area contributed by atoms with Crippen LogP contribution in [0.15, 0.2) is 59.5 Å². The maximum Gasteiger partial charge on any atom is 0.244 e. The molecule has 1 N–H and O–H groups in total. The molecule has 3 rings (SSSR count). The maximum atomic E-state index is 12.5. The summed E-state index contributed by atoms with van der Waals surface area (Å²) in [6.45, 7) is 5.04. The van der Waals surface area contributed by atoms with Crippen LogP contribution in [0, 0.1) is 0 Å². The highest BCUT2D eigenvalue weighted by molar-refractivity contribution is 7.89. The molecule has 0 aliphatic carbocycles. The minimum atomic E-state index is -3.48. The molecule has 2 aromatic rings. The molecule has 0 fully saturated rings. The number of para-hydroxylation sites is 1. The van der Waals surface area contributed by atoms with E-state index in [1.165, 1.54) is 10.4 Å². The highest BCUT2D eigenvalue weighted by atomic mass is 32.2. The lowest BCUT2D eigenvalue weighted by Crippen LogP contribution is -2.30. The first-order valence-corrected chi connectivity index (χ1v) is 11.2. The molecule has 0 aromatic heterocycles. The van der Waals surface area contributed by atoms with E-state index in [9.17, 15) is 13.2 Å². The summed E-state index contributed by atoms with van der Waals surface area (Å²) in [4.78, 5) is 12.6. The number of rotatable bonds is 7. The van der Waals surface area contributed by atoms with Gasteiger partial charge in [0.15, 0.2) is 0 Å². The Morgan fingerprint density at radius 2 is 1.83 bits per heavy atom. The van der Waals surface area contributed by atoms with Crippen LogP contribution in [-0.4, -0.2) is 38.3 Å². The number of hydrogen-bond acceptors (Lipinski definition) is 4. The van der Waals surface area contributed by atoms with E-state index in [4.69, 9.17) is 4.74 Å². The molecule has 0 unspecified atom stereocenters. The number of carbonyl (C=O) groups excluding carboxylic acids is 1. The van der Waals surface area contributed by atoms with Gasteiger partial charge in [0, 0.05) is 31.1 Å². The maximum absolute atomic E-state index is 12.5. The number of nitrogens with one attached hydrogen (secondary N) is 1. The Hall–Kier alpha value is -2.64. The number of ether oxygens (including phenoxy) is 1. The number of hydrogen-bond donors (Lipinski definition) is 1. The van der Waals surface area contributed by atoms with Crippen LogP contribution < -0.4 is 10.1 Å². The SMILES string of the molecule is CCN(CC)S(=O)(=O)c1ccc(/C=C/C(=O)N[C@H]2CCOc3ccccc32)cc1. The second kappa shape index (κ2) is 9.24. The third kappa shape index (κ3) is 4.86. The third-order valence-electron chi connectivity index (χ3n) is 4.93. The Kier molecular flexibility index (Phi) is 6.71. The Balaban J connectivity index is 1.66. The van der Waals surface area contributed by atoms with E-state index in [0.29, 0.717) is 26.1 Å². The van der Waals surface area contributed by atoms with Crippen LogP contribution in [0.1, 0.15) is 37.4 Å². The number of nitrogens with zero attached hydrogens (tertiary/aromatic N) is 1. The molecule has 7 heteroatoms. The van der Waals surface area contributed by atoms with Crippen molar-refractivity contribution in [2.45, 2.75) is 31.2 Å². The van der Waals surface area contributed by atoms with Crippen molar-refractivity contribution in [2.24, 2.45) is 0 Å². The third-order valence-corrected chi connectivity index (χ3v) is 6.99. The van der Waals surface area contributed by atoms with Crippen molar-refractivity contribution in [3.8, 4) is 5.75 Å². The Labute approximate surface area is 172 Å². The predicted molar refractivity (Wildman–Crippen MR) is 113 cm³/mol. The molecular formula is C22H26N2O4S. The molecule has 6 nitrogen and oxygen atoms in total. The van der Waals surface area contributed by atoms with Gasteiger partial charge in [0.1, 0.15) is 5.75 Å². The van der Waals surface area contributed by atoms with Crippen LogP contribution in [-0.2, 0) is 14.8 Å². The van der Waals surface area contributed by atoms with E-state index in [-0.39, 0.29) is 16.8 Å². The normalized spacial score (nSPS) is 16.4. The second-order valence-electron chi connectivity index (χ2n) is 6.73. The molecule has 0 radical (unpaired) electrons. The fourth-order valence-corrected chi connectivity index (χ4v) is 4.81. The first kappa shape index (κ1) is 21.1. The van der Waals surface area contributed by atoms with Crippen LogP contribution in [0.4, 0.5) is 0 Å². The van der Waals surface area contributed by atoms with Crippen LogP contribution in [0.3, 0.4) is 0 Å². The molecule has 0 bridgehead atoms. The quantitative estimate of drug-likeness (QED) is 0.705. The van der Waals surface area contributed by atoms with Crippen LogP contribution in [0.2, 0.25) is 0 Å². The minimum absolute atomic E-state index is 0.0845. The lowest BCUT2D eigenvalue weighted by molar-refractivity contribution is -0.117. The zero-order valence-electron chi connectivity index (χ0n) is 16.7. The van der Waals surface area contributed by atoms with Crippen molar-refractivity contribution in [3.63, 3.8) is 0 Å². The van der Waals surface area contributed by atoms with Crippen LogP contribution >= 0.6 is 0 Å². The standard InChI is InChI=1S/C22H26N2O4S/c1-3-24(4-2)29(26,27)18-12-9-17(10-13-18)11-14-22(25)23-20-15-16-28-21-8-6-5-7-19(20)21/h5-14,20H,3-4,15-16H2,1-2H3,(H,23,25)/b14-11+/t20-/m0/s1. The van der Waals surface area contributed by atoms with Gasteiger partial charge >= 0.3 is 0 Å². The van der Waals surface area contributed by atoms with Crippen LogP contribution in [0.25, 0.3) is 6.08 Å². The van der Waals surface area contributed by atoms with E-state index < -0.39 is 10.0 Å². The van der Waals surface area contributed by atoms with Gasteiger partial charge in [-0.1, -0.05) is 44.2 Å². The van der Waals surface area contributed by atoms with Gasteiger partial charge in [0.2, 0.25) is 15.9 Å². The van der Waals surface area contributed by atoms with Crippen molar-refractivity contribution >= 4 is 22.0 Å². The first-order chi connectivity index (χ1) is 14.0. The van der Waals surface area contributed by atoms with E-state index in [0.717, 1.165) is 16.9 Å². The monoisotopic (exact) mass is 414 g/mol. The summed E-state index contributed by atoms with van der Waals surface area (Å²) >= 11 is 0. The summed E-state index contributed by atoms with van der Waals surface area (Å²) < 4.78 is 32.1. The van der Waals surface area contributed by atoms with E-state index in [2.05, 4.69) is 5.32 Å². The predicted octanol–water partition coefficient (Wildman–Crippen LogP) is 3.37. The van der Waals surface area contributed by atoms with Gasteiger partial charge < -0.3 is 10.1 Å². The van der Waals surface area contributed by atoms with Gasteiger partial charge in [-0.15, -0.1) is 0 Å². The van der Waals surface area contributed by atoms with Crippen LogP contribution in [0.5, 0.6) is 5.75 Å². The van der Waals surface area contributed by atoms with Crippen molar-refractivity contribution in [3.05, 3.63) is 65.7 Å². The number of carbonyl (C=O) groups is 1. The number of fused-ring (bicyclic) bond motifs is 1. The highest BCUT2D eigenvalue weighted by Gasteiger charge is 2.22. The molecule has 1 aliphatic rings. The van der Waals surface area contributed by atoms with Gasteiger partial charge in [-0.2, -0.15) is 4.31 Å². The average molecular weight is 415 g/mol. The largest absolute Gasteiger partial charge is 0.493 e. The lowest BCUT2D eigenvalue weighted by Gasteiger charge is -2.26. The minimum Gasteiger partial charge on any atom is -0.493 e. The lowest BCUT2D eigenvalue weighted by atomic mass is 10.0.